The molecule has 0 aliphatic heterocycles. The summed E-state index contributed by atoms with van der Waals surface area (Å²) in [6, 6.07) is 6.99. The average molecular weight is 265 g/mol. The Morgan fingerprint density at radius 3 is 2.60 bits per heavy atom. The molecule has 0 aromatic carbocycles. The van der Waals surface area contributed by atoms with E-state index in [0.717, 1.165) is 16.6 Å². The monoisotopic (exact) mass is 264 g/mol. The van der Waals surface area contributed by atoms with Gasteiger partial charge in [0.2, 0.25) is 0 Å². The largest absolute Gasteiger partial charge is 0.284 e. The molecule has 2 rings (SSSR count). The SMILES string of the molecule is O=c1ccc(CBr)cn1-c1ccncc1. The molecule has 0 saturated heterocycles. The van der Waals surface area contributed by atoms with Crippen molar-refractivity contribution in [2.24, 2.45) is 0 Å². The number of hydrogen-bond donors (Lipinski definition) is 0. The Labute approximate surface area is 95.5 Å². The molecule has 0 unspecified atom stereocenters. The van der Waals surface area contributed by atoms with Crippen LogP contribution in [0, 0.1) is 0 Å². The minimum Gasteiger partial charge on any atom is -0.284 e. The lowest BCUT2D eigenvalue weighted by atomic mass is 10.3. The molecule has 4 heteroatoms. The zero-order valence-electron chi connectivity index (χ0n) is 7.93. The van der Waals surface area contributed by atoms with Crippen molar-refractivity contribution in [2.45, 2.75) is 5.33 Å². The Hall–Kier alpha value is -1.42. The Morgan fingerprint density at radius 1 is 1.20 bits per heavy atom. The van der Waals surface area contributed by atoms with Crippen LogP contribution in [0.2, 0.25) is 0 Å². The van der Waals surface area contributed by atoms with Crippen molar-refractivity contribution in [1.29, 1.82) is 0 Å². The van der Waals surface area contributed by atoms with E-state index in [-0.39, 0.29) is 5.56 Å². The van der Waals surface area contributed by atoms with E-state index < -0.39 is 0 Å². The second kappa shape index (κ2) is 4.40. The maximum atomic E-state index is 11.6. The fourth-order valence-corrected chi connectivity index (χ4v) is 1.65. The zero-order chi connectivity index (χ0) is 10.7. The van der Waals surface area contributed by atoms with Crippen molar-refractivity contribution in [3.8, 4) is 5.69 Å². The Balaban J connectivity index is 2.57. The summed E-state index contributed by atoms with van der Waals surface area (Å²) in [6.45, 7) is 0. The molecule has 2 heterocycles. The molecule has 0 bridgehead atoms. The van der Waals surface area contributed by atoms with Crippen molar-refractivity contribution >= 4 is 15.9 Å². The summed E-state index contributed by atoms with van der Waals surface area (Å²) >= 11 is 3.36. The number of pyridine rings is 2. The van der Waals surface area contributed by atoms with E-state index in [1.54, 1.807) is 35.2 Å². The zero-order valence-corrected chi connectivity index (χ0v) is 9.52. The highest BCUT2D eigenvalue weighted by atomic mass is 79.9. The van der Waals surface area contributed by atoms with Crippen LogP contribution in [0.4, 0.5) is 0 Å². The van der Waals surface area contributed by atoms with Crippen LogP contribution < -0.4 is 5.56 Å². The normalized spacial score (nSPS) is 10.2. The quantitative estimate of drug-likeness (QED) is 0.779. The van der Waals surface area contributed by atoms with Crippen LogP contribution in [0.1, 0.15) is 5.56 Å². The van der Waals surface area contributed by atoms with E-state index in [1.807, 2.05) is 12.3 Å². The molecule has 0 radical (unpaired) electrons. The minimum atomic E-state index is -0.0362. The predicted molar refractivity (Wildman–Crippen MR) is 62.5 cm³/mol. The van der Waals surface area contributed by atoms with Gasteiger partial charge in [-0.3, -0.25) is 14.3 Å². The molecule has 0 atom stereocenters. The molecule has 2 aromatic heterocycles. The second-order valence-corrected chi connectivity index (χ2v) is 3.65. The molecule has 0 saturated carbocycles. The van der Waals surface area contributed by atoms with Gasteiger partial charge in [-0.2, -0.15) is 0 Å². The number of halogens is 1. The van der Waals surface area contributed by atoms with Crippen LogP contribution in [-0.2, 0) is 5.33 Å². The maximum Gasteiger partial charge on any atom is 0.255 e. The number of alkyl halides is 1. The Bertz CT molecular complexity index is 507. The van der Waals surface area contributed by atoms with E-state index in [1.165, 1.54) is 0 Å². The van der Waals surface area contributed by atoms with Crippen molar-refractivity contribution in [1.82, 2.24) is 9.55 Å². The molecular formula is C11H9BrN2O. The number of aromatic nitrogens is 2. The van der Waals surface area contributed by atoms with E-state index >= 15 is 0 Å². The fraction of sp³-hybridized carbons (Fsp3) is 0.0909. The Morgan fingerprint density at radius 2 is 1.93 bits per heavy atom. The summed E-state index contributed by atoms with van der Waals surface area (Å²) in [5, 5.41) is 0.734. The van der Waals surface area contributed by atoms with Crippen LogP contribution in [0.15, 0.2) is 47.7 Å². The molecule has 0 aliphatic rings. The molecular weight excluding hydrogens is 256 g/mol. The molecule has 0 fully saturated rings. The van der Waals surface area contributed by atoms with Gasteiger partial charge in [-0.15, -0.1) is 0 Å². The van der Waals surface area contributed by atoms with Gasteiger partial charge in [0.15, 0.2) is 0 Å². The van der Waals surface area contributed by atoms with E-state index in [0.29, 0.717) is 0 Å². The van der Waals surface area contributed by atoms with Gasteiger partial charge in [-0.05, 0) is 17.7 Å². The molecule has 15 heavy (non-hydrogen) atoms. The van der Waals surface area contributed by atoms with Crippen LogP contribution in [0.25, 0.3) is 5.69 Å². The maximum absolute atomic E-state index is 11.6. The summed E-state index contributed by atoms with van der Waals surface area (Å²) in [4.78, 5) is 15.5. The van der Waals surface area contributed by atoms with Gasteiger partial charge in [0, 0.05) is 30.0 Å². The smallest absolute Gasteiger partial charge is 0.255 e. The van der Waals surface area contributed by atoms with Gasteiger partial charge in [0.25, 0.3) is 5.56 Å². The van der Waals surface area contributed by atoms with Gasteiger partial charge in [-0.25, -0.2) is 0 Å². The number of hydrogen-bond acceptors (Lipinski definition) is 2. The van der Waals surface area contributed by atoms with Crippen LogP contribution in [0.5, 0.6) is 0 Å². The molecule has 0 aliphatic carbocycles. The number of nitrogens with zero attached hydrogens (tertiary/aromatic N) is 2. The van der Waals surface area contributed by atoms with Crippen LogP contribution in [-0.4, -0.2) is 9.55 Å². The van der Waals surface area contributed by atoms with Gasteiger partial charge in [0.1, 0.15) is 0 Å². The van der Waals surface area contributed by atoms with Gasteiger partial charge in [-0.1, -0.05) is 22.0 Å². The summed E-state index contributed by atoms with van der Waals surface area (Å²) in [7, 11) is 0. The van der Waals surface area contributed by atoms with Crippen molar-refractivity contribution in [3.63, 3.8) is 0 Å². The lowest BCUT2D eigenvalue weighted by Crippen LogP contribution is -2.16. The molecule has 2 aromatic rings. The first-order chi connectivity index (χ1) is 7.31. The third-order valence-corrected chi connectivity index (χ3v) is 2.72. The summed E-state index contributed by atoms with van der Waals surface area (Å²) < 4.78 is 1.61. The van der Waals surface area contributed by atoms with Gasteiger partial charge in [0.05, 0.1) is 5.69 Å². The summed E-state index contributed by atoms with van der Waals surface area (Å²) in [6.07, 6.45) is 5.16. The Kier molecular flexibility index (Phi) is 2.97. The van der Waals surface area contributed by atoms with Gasteiger partial charge >= 0.3 is 0 Å². The molecule has 3 nitrogen and oxygen atoms in total. The van der Waals surface area contributed by atoms with Gasteiger partial charge < -0.3 is 0 Å². The first-order valence-electron chi connectivity index (χ1n) is 4.49. The minimum absolute atomic E-state index is 0.0362. The van der Waals surface area contributed by atoms with E-state index in [4.69, 9.17) is 0 Å². The highest BCUT2D eigenvalue weighted by Gasteiger charge is 1.99. The fourth-order valence-electron chi connectivity index (χ4n) is 1.32. The van der Waals surface area contributed by atoms with E-state index in [9.17, 15) is 4.79 Å². The highest BCUT2D eigenvalue weighted by molar-refractivity contribution is 9.08. The predicted octanol–water partition coefficient (Wildman–Crippen LogP) is 2.13. The first-order valence-corrected chi connectivity index (χ1v) is 5.61. The third-order valence-electron chi connectivity index (χ3n) is 2.07. The van der Waals surface area contributed by atoms with Crippen molar-refractivity contribution in [2.75, 3.05) is 0 Å². The second-order valence-electron chi connectivity index (χ2n) is 3.08. The lowest BCUT2D eigenvalue weighted by molar-refractivity contribution is 0.969. The summed E-state index contributed by atoms with van der Waals surface area (Å²) in [5.74, 6) is 0. The molecule has 0 amide bonds. The topological polar surface area (TPSA) is 34.9 Å². The molecule has 0 spiro atoms. The van der Waals surface area contributed by atoms with Crippen molar-refractivity contribution in [3.05, 3.63) is 58.8 Å². The molecule has 76 valence electrons. The van der Waals surface area contributed by atoms with Crippen LogP contribution in [0.3, 0.4) is 0 Å². The average Bonchev–Trinajstić information content (AvgIpc) is 2.31. The van der Waals surface area contributed by atoms with Crippen molar-refractivity contribution < 1.29 is 0 Å². The van der Waals surface area contributed by atoms with Crippen LogP contribution >= 0.6 is 15.9 Å². The lowest BCUT2D eigenvalue weighted by Gasteiger charge is -2.05. The van der Waals surface area contributed by atoms with E-state index in [2.05, 4.69) is 20.9 Å². The highest BCUT2D eigenvalue weighted by Crippen LogP contribution is 2.07. The standard InChI is InChI=1S/C11H9BrN2O/c12-7-9-1-2-11(15)14(8-9)10-3-5-13-6-4-10/h1-6,8H,7H2. The molecule has 0 N–H and O–H groups in total. The first kappa shape index (κ1) is 10.1. The third kappa shape index (κ3) is 2.15. The number of rotatable bonds is 2. The summed E-state index contributed by atoms with van der Waals surface area (Å²) in [5.41, 5.74) is 1.86.